The maximum atomic E-state index is 13.0. The Bertz CT molecular complexity index is 886. The van der Waals surface area contributed by atoms with Gasteiger partial charge in [0.05, 0.1) is 11.1 Å². The van der Waals surface area contributed by atoms with E-state index in [2.05, 4.69) is 15.5 Å². The van der Waals surface area contributed by atoms with E-state index in [0.29, 0.717) is 23.1 Å². The van der Waals surface area contributed by atoms with E-state index in [9.17, 15) is 19.2 Å². The van der Waals surface area contributed by atoms with Crippen LogP contribution in [0, 0.1) is 5.92 Å². The Balaban J connectivity index is 1.42. The molecule has 1 aromatic rings. The van der Waals surface area contributed by atoms with Gasteiger partial charge in [-0.2, -0.15) is 0 Å². The average Bonchev–Trinajstić information content (AvgIpc) is 2.92. The van der Waals surface area contributed by atoms with E-state index in [0.717, 1.165) is 36.6 Å². The molecule has 146 valence electrons. The predicted octanol–water partition coefficient (Wildman–Crippen LogP) is 0.276. The van der Waals surface area contributed by atoms with E-state index < -0.39 is 23.8 Å². The molecule has 0 aromatic heterocycles. The molecule has 2 N–H and O–H groups in total. The normalized spacial score (nSPS) is 29.8. The molecule has 3 fully saturated rings. The van der Waals surface area contributed by atoms with Gasteiger partial charge in [0.2, 0.25) is 11.8 Å². The molecule has 0 saturated carbocycles. The van der Waals surface area contributed by atoms with Gasteiger partial charge in [-0.05, 0) is 49.9 Å². The van der Waals surface area contributed by atoms with Crippen molar-refractivity contribution in [3.05, 3.63) is 29.3 Å². The minimum Gasteiger partial charge on any atom is -0.370 e. The zero-order valence-corrected chi connectivity index (χ0v) is 15.4. The van der Waals surface area contributed by atoms with Gasteiger partial charge in [-0.1, -0.05) is 0 Å². The number of fused-ring (bicyclic) bond motifs is 3. The van der Waals surface area contributed by atoms with Gasteiger partial charge in [-0.15, -0.1) is 0 Å². The van der Waals surface area contributed by atoms with Crippen LogP contribution in [0.3, 0.4) is 0 Å². The lowest BCUT2D eigenvalue weighted by atomic mass is 9.87. The lowest BCUT2D eigenvalue weighted by Crippen LogP contribution is -2.54. The minimum atomic E-state index is -0.924. The molecule has 28 heavy (non-hydrogen) atoms. The summed E-state index contributed by atoms with van der Waals surface area (Å²) in [7, 11) is 0. The molecular weight excluding hydrogens is 360 g/mol. The summed E-state index contributed by atoms with van der Waals surface area (Å²) in [4.78, 5) is 52.6. The first-order chi connectivity index (χ1) is 13.5. The van der Waals surface area contributed by atoms with Crippen molar-refractivity contribution in [1.29, 1.82) is 0 Å². The number of nitrogens with zero attached hydrogens (tertiary/aromatic N) is 2. The Labute approximate surface area is 162 Å². The zero-order valence-electron chi connectivity index (χ0n) is 15.4. The fourth-order valence-corrected chi connectivity index (χ4v) is 4.92. The van der Waals surface area contributed by atoms with Gasteiger partial charge in [0.1, 0.15) is 6.04 Å². The highest BCUT2D eigenvalue weighted by Crippen LogP contribution is 2.33. The lowest BCUT2D eigenvalue weighted by Gasteiger charge is -2.43. The van der Waals surface area contributed by atoms with Crippen LogP contribution >= 0.6 is 0 Å². The number of amides is 4. The number of anilines is 1. The molecular formula is C20H22N4O4. The average molecular weight is 382 g/mol. The molecule has 4 aliphatic rings. The van der Waals surface area contributed by atoms with Crippen molar-refractivity contribution >= 4 is 29.3 Å². The van der Waals surface area contributed by atoms with Crippen LogP contribution in [0.25, 0.3) is 0 Å². The van der Waals surface area contributed by atoms with Crippen molar-refractivity contribution in [2.75, 3.05) is 24.5 Å². The van der Waals surface area contributed by atoms with Crippen LogP contribution in [0.15, 0.2) is 18.2 Å². The Morgan fingerprint density at radius 1 is 0.964 bits per heavy atom. The molecule has 4 aliphatic heterocycles. The Hall–Kier alpha value is -2.74. The third-order valence-electron chi connectivity index (χ3n) is 6.31. The highest BCUT2D eigenvalue weighted by atomic mass is 16.2. The minimum absolute atomic E-state index is 0.124. The van der Waals surface area contributed by atoms with Gasteiger partial charge >= 0.3 is 0 Å². The van der Waals surface area contributed by atoms with E-state index in [1.807, 2.05) is 6.07 Å². The summed E-state index contributed by atoms with van der Waals surface area (Å²) in [5, 5.41) is 5.75. The number of hydrogen-bond acceptors (Lipinski definition) is 6. The monoisotopic (exact) mass is 382 g/mol. The van der Waals surface area contributed by atoms with Crippen LogP contribution in [0.4, 0.5) is 5.69 Å². The first-order valence-corrected chi connectivity index (χ1v) is 9.85. The van der Waals surface area contributed by atoms with Crippen molar-refractivity contribution in [1.82, 2.24) is 15.5 Å². The Morgan fingerprint density at radius 2 is 1.79 bits per heavy atom. The number of nitrogens with one attached hydrogen (secondary N) is 2. The highest BCUT2D eigenvalue weighted by molar-refractivity contribution is 6.23. The van der Waals surface area contributed by atoms with E-state index in [1.54, 1.807) is 12.1 Å². The van der Waals surface area contributed by atoms with Gasteiger partial charge in [0.15, 0.2) is 0 Å². The van der Waals surface area contributed by atoms with Crippen LogP contribution in [0.2, 0.25) is 0 Å². The zero-order chi connectivity index (χ0) is 19.4. The van der Waals surface area contributed by atoms with Gasteiger partial charge in [-0.3, -0.25) is 29.4 Å². The van der Waals surface area contributed by atoms with Crippen LogP contribution in [0.1, 0.15) is 46.4 Å². The van der Waals surface area contributed by atoms with Crippen molar-refractivity contribution in [2.45, 2.75) is 37.8 Å². The molecule has 1 aromatic carbocycles. The Morgan fingerprint density at radius 3 is 2.57 bits per heavy atom. The second-order valence-electron chi connectivity index (χ2n) is 8.12. The van der Waals surface area contributed by atoms with E-state index >= 15 is 0 Å². The quantitative estimate of drug-likeness (QED) is 0.713. The molecule has 3 atom stereocenters. The number of rotatable bonds is 2. The summed E-state index contributed by atoms with van der Waals surface area (Å²) < 4.78 is 0. The van der Waals surface area contributed by atoms with Crippen LogP contribution in [0.5, 0.6) is 0 Å². The Kier molecular flexibility index (Phi) is 3.97. The summed E-state index contributed by atoms with van der Waals surface area (Å²) in [6.45, 7) is 2.89. The van der Waals surface area contributed by atoms with Crippen LogP contribution in [-0.2, 0) is 9.59 Å². The van der Waals surface area contributed by atoms with Crippen molar-refractivity contribution in [3.63, 3.8) is 0 Å². The first-order valence-electron chi connectivity index (χ1n) is 9.85. The summed E-state index contributed by atoms with van der Waals surface area (Å²) in [5.74, 6) is -1.22. The second-order valence-corrected chi connectivity index (χ2v) is 8.12. The third kappa shape index (κ3) is 2.71. The van der Waals surface area contributed by atoms with Gasteiger partial charge < -0.3 is 10.2 Å². The molecule has 4 amide bonds. The predicted molar refractivity (Wildman–Crippen MR) is 99.8 cm³/mol. The summed E-state index contributed by atoms with van der Waals surface area (Å²) in [6.07, 6.45) is 2.63. The highest BCUT2D eigenvalue weighted by Gasteiger charge is 2.45. The lowest BCUT2D eigenvalue weighted by molar-refractivity contribution is -0.136. The summed E-state index contributed by atoms with van der Waals surface area (Å²) in [6, 6.07) is 4.89. The molecule has 3 saturated heterocycles. The van der Waals surface area contributed by atoms with E-state index in [1.165, 1.54) is 6.42 Å². The molecule has 5 rings (SSSR count). The summed E-state index contributed by atoms with van der Waals surface area (Å²) in [5.41, 5.74) is 1.60. The standard InChI is InChI=1S/C20H22N4O4/c25-17-4-3-16(18(26)22-17)24-19(27)14-2-1-13(8-15(14)20(24)28)23-9-11-5-6-21-12(7-11)10-23/h1-2,8,11-12,16,21H,3-7,9-10H2,(H,22,25,26). The second kappa shape index (κ2) is 6.41. The maximum absolute atomic E-state index is 13.0. The van der Waals surface area contributed by atoms with Gasteiger partial charge in [-0.25, -0.2) is 0 Å². The van der Waals surface area contributed by atoms with Crippen LogP contribution < -0.4 is 15.5 Å². The SMILES string of the molecule is O=C1CCC(N2C(=O)c3ccc(N4CC5CCNC(C5)C4)cc3C2=O)C(=O)N1. The molecule has 3 unspecified atom stereocenters. The number of carbonyl (C=O) groups excluding carboxylic acids is 4. The molecule has 8 heteroatoms. The smallest absolute Gasteiger partial charge is 0.262 e. The largest absolute Gasteiger partial charge is 0.370 e. The van der Waals surface area contributed by atoms with Crippen molar-refractivity contribution in [2.24, 2.45) is 5.92 Å². The fourth-order valence-electron chi connectivity index (χ4n) is 4.92. The summed E-state index contributed by atoms with van der Waals surface area (Å²) >= 11 is 0. The van der Waals surface area contributed by atoms with E-state index in [4.69, 9.17) is 0 Å². The van der Waals surface area contributed by atoms with Crippen molar-refractivity contribution in [3.8, 4) is 0 Å². The molecule has 8 nitrogen and oxygen atoms in total. The fraction of sp³-hybridized carbons (Fsp3) is 0.500. The number of piperidine rings is 3. The molecule has 2 bridgehead atoms. The molecule has 4 heterocycles. The van der Waals surface area contributed by atoms with Gasteiger partial charge in [0.25, 0.3) is 11.8 Å². The number of carbonyl (C=O) groups is 4. The number of imide groups is 2. The van der Waals surface area contributed by atoms with Gasteiger partial charge in [0, 0.05) is 31.2 Å². The first kappa shape index (κ1) is 17.4. The number of benzene rings is 1. The van der Waals surface area contributed by atoms with Crippen molar-refractivity contribution < 1.29 is 19.2 Å². The molecule has 0 radical (unpaired) electrons. The molecule has 0 aliphatic carbocycles. The number of hydrogen-bond donors (Lipinski definition) is 2. The molecule has 0 spiro atoms. The maximum Gasteiger partial charge on any atom is 0.262 e. The third-order valence-corrected chi connectivity index (χ3v) is 6.31. The van der Waals surface area contributed by atoms with Crippen LogP contribution in [-0.4, -0.2) is 60.2 Å². The van der Waals surface area contributed by atoms with E-state index in [-0.39, 0.29) is 18.7 Å². The topological polar surface area (TPSA) is 98.8 Å².